The molecule has 0 radical (unpaired) electrons. The van der Waals surface area contributed by atoms with Gasteiger partial charge < -0.3 is 15.2 Å². The van der Waals surface area contributed by atoms with E-state index in [4.69, 9.17) is 0 Å². The first-order valence-corrected chi connectivity index (χ1v) is 11.1. The van der Waals surface area contributed by atoms with E-state index in [0.29, 0.717) is 38.8 Å². The van der Waals surface area contributed by atoms with E-state index in [1.165, 1.54) is 17.8 Å². The summed E-state index contributed by atoms with van der Waals surface area (Å²) in [5.74, 6) is 4.40. The van der Waals surface area contributed by atoms with Gasteiger partial charge in [-0.15, -0.1) is 0 Å². The maximum atomic E-state index is 13.2. The molecule has 0 unspecified atom stereocenters. The van der Waals surface area contributed by atoms with Crippen molar-refractivity contribution in [3.05, 3.63) is 53.6 Å². The topological polar surface area (TPSA) is 84.7 Å². The SMILES string of the molecule is CNc1ncc(C#Cc2ccc3nc(C(F)F)n(C)c3c2)c2cc(NC(=O)[C@@H]3C[C@@H]3C(F)F)ncc12. The van der Waals surface area contributed by atoms with Crippen LogP contribution in [0.15, 0.2) is 36.7 Å². The van der Waals surface area contributed by atoms with Gasteiger partial charge in [0.25, 0.3) is 6.43 Å². The number of rotatable bonds is 5. The van der Waals surface area contributed by atoms with Crippen LogP contribution in [0.1, 0.15) is 29.8 Å². The lowest BCUT2D eigenvalue weighted by atomic mass is 10.1. The summed E-state index contributed by atoms with van der Waals surface area (Å²) in [5, 5.41) is 6.89. The van der Waals surface area contributed by atoms with Crippen molar-refractivity contribution in [1.82, 2.24) is 19.5 Å². The number of fused-ring (bicyclic) bond motifs is 2. The molecule has 2 atom stereocenters. The minimum atomic E-state index is -2.69. The summed E-state index contributed by atoms with van der Waals surface area (Å²) in [7, 11) is 3.23. The summed E-state index contributed by atoms with van der Waals surface area (Å²) in [4.78, 5) is 24.9. The lowest BCUT2D eigenvalue weighted by molar-refractivity contribution is -0.118. The van der Waals surface area contributed by atoms with Gasteiger partial charge in [0.1, 0.15) is 11.6 Å². The van der Waals surface area contributed by atoms with E-state index in [2.05, 4.69) is 37.4 Å². The minimum Gasteiger partial charge on any atom is -0.373 e. The van der Waals surface area contributed by atoms with Crippen molar-refractivity contribution in [2.24, 2.45) is 18.9 Å². The van der Waals surface area contributed by atoms with Crippen LogP contribution in [0.25, 0.3) is 21.8 Å². The number of imidazole rings is 1. The number of hydrogen-bond donors (Lipinski definition) is 2. The summed E-state index contributed by atoms with van der Waals surface area (Å²) in [6, 6.07) is 6.63. The molecule has 1 aliphatic carbocycles. The molecule has 3 heterocycles. The average Bonchev–Trinajstić information content (AvgIpc) is 3.61. The number of benzene rings is 1. The maximum absolute atomic E-state index is 13.2. The van der Waals surface area contributed by atoms with Gasteiger partial charge in [-0.3, -0.25) is 4.79 Å². The van der Waals surface area contributed by atoms with Crippen LogP contribution in [0.2, 0.25) is 0 Å². The summed E-state index contributed by atoms with van der Waals surface area (Å²) in [6.07, 6.45) is -1.96. The number of halogens is 4. The lowest BCUT2D eigenvalue weighted by Crippen LogP contribution is -2.17. The first kappa shape index (κ1) is 23.5. The van der Waals surface area contributed by atoms with Crippen molar-refractivity contribution in [1.29, 1.82) is 0 Å². The largest absolute Gasteiger partial charge is 0.373 e. The van der Waals surface area contributed by atoms with Gasteiger partial charge in [0.2, 0.25) is 12.3 Å². The fraction of sp³-hybridized carbons (Fsp3) is 0.280. The van der Waals surface area contributed by atoms with Crippen LogP contribution in [0.4, 0.5) is 29.2 Å². The Hall–Kier alpha value is -4.20. The van der Waals surface area contributed by atoms with E-state index in [1.807, 2.05) is 0 Å². The number of aryl methyl sites for hydroxylation is 1. The second-order valence-corrected chi connectivity index (χ2v) is 8.50. The maximum Gasteiger partial charge on any atom is 0.295 e. The molecule has 1 aromatic carbocycles. The van der Waals surface area contributed by atoms with E-state index < -0.39 is 30.6 Å². The van der Waals surface area contributed by atoms with E-state index in [9.17, 15) is 22.4 Å². The Bertz CT molecular complexity index is 1560. The zero-order valence-electron chi connectivity index (χ0n) is 19.2. The third kappa shape index (κ3) is 4.30. The standard InChI is InChI=1S/C25H20F4N6O/c1-30-23-17-11-31-20(34-25(36)16-8-15(16)21(26)27)9-14(17)13(10-32-23)5-3-12-4-6-18-19(7-12)35(2)24(33-18)22(28)29/h4,6-7,9-11,15-16,21-22H,8H2,1-2H3,(H,30,32)(H,31,34,36)/t15-,16+/m0/s1. The number of amides is 1. The number of nitrogens with one attached hydrogen (secondary N) is 2. The summed E-state index contributed by atoms with van der Waals surface area (Å²) in [6.45, 7) is 0. The van der Waals surface area contributed by atoms with Crippen LogP contribution >= 0.6 is 0 Å². The number of nitrogens with zero attached hydrogens (tertiary/aromatic N) is 4. The van der Waals surface area contributed by atoms with Crippen molar-refractivity contribution in [2.45, 2.75) is 19.3 Å². The Balaban J connectivity index is 1.49. The molecule has 1 amide bonds. The molecule has 184 valence electrons. The Morgan fingerprint density at radius 1 is 1.11 bits per heavy atom. The minimum absolute atomic E-state index is 0.154. The third-order valence-corrected chi connectivity index (χ3v) is 6.21. The van der Waals surface area contributed by atoms with Crippen molar-refractivity contribution >= 4 is 39.3 Å². The van der Waals surface area contributed by atoms with E-state index in [0.717, 1.165) is 0 Å². The summed E-state index contributed by atoms with van der Waals surface area (Å²) in [5.41, 5.74) is 2.10. The van der Waals surface area contributed by atoms with Crippen molar-refractivity contribution in [2.75, 3.05) is 17.7 Å². The van der Waals surface area contributed by atoms with Gasteiger partial charge in [-0.05, 0) is 30.7 Å². The second kappa shape index (κ2) is 9.11. The lowest BCUT2D eigenvalue weighted by Gasteiger charge is -2.09. The molecule has 0 saturated heterocycles. The molecule has 3 aromatic heterocycles. The van der Waals surface area contributed by atoms with Gasteiger partial charge >= 0.3 is 0 Å². The summed E-state index contributed by atoms with van der Waals surface area (Å²) < 4.78 is 53.3. The van der Waals surface area contributed by atoms with Crippen LogP contribution in [0, 0.1) is 23.7 Å². The normalized spacial score (nSPS) is 16.9. The van der Waals surface area contributed by atoms with Gasteiger partial charge in [0.05, 0.1) is 16.6 Å². The average molecular weight is 496 g/mol. The van der Waals surface area contributed by atoms with Crippen molar-refractivity contribution in [3.8, 4) is 11.8 Å². The molecule has 4 aromatic rings. The third-order valence-electron chi connectivity index (χ3n) is 6.21. The Morgan fingerprint density at radius 3 is 2.61 bits per heavy atom. The van der Waals surface area contributed by atoms with Crippen LogP contribution in [0.3, 0.4) is 0 Å². The monoisotopic (exact) mass is 496 g/mol. The number of carbonyl (C=O) groups is 1. The fourth-order valence-electron chi connectivity index (χ4n) is 4.14. The number of alkyl halides is 4. The van der Waals surface area contributed by atoms with Gasteiger partial charge in [-0.1, -0.05) is 11.8 Å². The van der Waals surface area contributed by atoms with Gasteiger partial charge in [0, 0.05) is 54.7 Å². The van der Waals surface area contributed by atoms with Crippen LogP contribution in [0.5, 0.6) is 0 Å². The molecule has 7 nitrogen and oxygen atoms in total. The van der Waals surface area contributed by atoms with Gasteiger partial charge in [-0.25, -0.2) is 32.5 Å². The predicted molar refractivity (Wildman–Crippen MR) is 127 cm³/mol. The van der Waals surface area contributed by atoms with Gasteiger partial charge in [-0.2, -0.15) is 0 Å². The Morgan fingerprint density at radius 2 is 1.92 bits per heavy atom. The first-order valence-electron chi connectivity index (χ1n) is 11.1. The molecule has 1 aliphatic rings. The highest BCUT2D eigenvalue weighted by molar-refractivity contribution is 5.99. The zero-order valence-corrected chi connectivity index (χ0v) is 19.2. The van der Waals surface area contributed by atoms with Crippen molar-refractivity contribution < 1.29 is 22.4 Å². The highest BCUT2D eigenvalue weighted by Crippen LogP contribution is 2.43. The number of carbonyl (C=O) groups excluding carboxylic acids is 1. The highest BCUT2D eigenvalue weighted by atomic mass is 19.3. The molecule has 0 bridgehead atoms. The second-order valence-electron chi connectivity index (χ2n) is 8.50. The molecular formula is C25H20F4N6O. The number of aromatic nitrogens is 4. The molecule has 0 aliphatic heterocycles. The molecule has 1 saturated carbocycles. The van der Waals surface area contributed by atoms with E-state index in [-0.39, 0.29) is 18.1 Å². The molecule has 36 heavy (non-hydrogen) atoms. The fourth-order valence-corrected chi connectivity index (χ4v) is 4.14. The van der Waals surface area contributed by atoms with Gasteiger partial charge in [0.15, 0.2) is 5.82 Å². The zero-order chi connectivity index (χ0) is 25.6. The Labute approximate surface area is 202 Å². The number of hydrogen-bond acceptors (Lipinski definition) is 5. The van der Waals surface area contributed by atoms with Crippen molar-refractivity contribution in [3.63, 3.8) is 0 Å². The first-order chi connectivity index (χ1) is 17.3. The summed E-state index contributed by atoms with van der Waals surface area (Å²) >= 11 is 0. The molecule has 1 fully saturated rings. The smallest absolute Gasteiger partial charge is 0.295 e. The molecule has 11 heteroatoms. The predicted octanol–water partition coefficient (Wildman–Crippen LogP) is 4.74. The Kier molecular flexibility index (Phi) is 5.96. The highest BCUT2D eigenvalue weighted by Gasteiger charge is 2.48. The quantitative estimate of drug-likeness (QED) is 0.308. The van der Waals surface area contributed by atoms with Crippen LogP contribution in [-0.2, 0) is 11.8 Å². The molecular weight excluding hydrogens is 476 g/mol. The van der Waals surface area contributed by atoms with Crippen LogP contribution < -0.4 is 10.6 Å². The molecule has 5 rings (SSSR count). The number of anilines is 2. The molecule has 2 N–H and O–H groups in total. The van der Waals surface area contributed by atoms with Crippen LogP contribution in [-0.4, -0.2) is 38.9 Å². The van der Waals surface area contributed by atoms with E-state index in [1.54, 1.807) is 37.5 Å². The number of pyridine rings is 2. The van der Waals surface area contributed by atoms with E-state index >= 15 is 0 Å². The molecule has 0 spiro atoms.